The molecule has 1 atom stereocenters. The van der Waals surface area contributed by atoms with Crippen molar-refractivity contribution in [3.05, 3.63) is 15.6 Å². The zero-order valence-electron chi connectivity index (χ0n) is 12.9. The molecule has 3 nitrogen and oxygen atoms in total. The van der Waals surface area contributed by atoms with Gasteiger partial charge in [0.2, 0.25) is 0 Å². The van der Waals surface area contributed by atoms with Crippen molar-refractivity contribution in [2.24, 2.45) is 0 Å². The summed E-state index contributed by atoms with van der Waals surface area (Å²) in [4.78, 5) is 8.76. The fourth-order valence-electron chi connectivity index (χ4n) is 3.14. The number of hydrogen-bond donors (Lipinski definition) is 1. The van der Waals surface area contributed by atoms with E-state index in [2.05, 4.69) is 45.0 Å². The van der Waals surface area contributed by atoms with Crippen molar-refractivity contribution < 1.29 is 0 Å². The minimum absolute atomic E-state index is 0.0595. The number of nitrogens with one attached hydrogen (secondary N) is 1. The molecule has 1 aromatic heterocycles. The second-order valence-electron chi connectivity index (χ2n) is 6.10. The van der Waals surface area contributed by atoms with Gasteiger partial charge in [-0.25, -0.2) is 4.98 Å². The Morgan fingerprint density at radius 3 is 2.74 bits per heavy atom. The molecule has 4 heteroatoms. The van der Waals surface area contributed by atoms with Crippen molar-refractivity contribution in [3.63, 3.8) is 0 Å². The first-order valence-electron chi connectivity index (χ1n) is 7.40. The number of piperidine rings is 1. The summed E-state index contributed by atoms with van der Waals surface area (Å²) in [6.45, 7) is 11.1. The number of aromatic nitrogens is 1. The molecular weight excluding hydrogens is 254 g/mol. The molecule has 2 rings (SSSR count). The average Bonchev–Trinajstić information content (AvgIpc) is 2.70. The Bertz CT molecular complexity index is 423. The van der Waals surface area contributed by atoms with Crippen molar-refractivity contribution >= 4 is 11.3 Å². The topological polar surface area (TPSA) is 28.2 Å². The van der Waals surface area contributed by atoms with Gasteiger partial charge in [-0.15, -0.1) is 11.3 Å². The van der Waals surface area contributed by atoms with Gasteiger partial charge in [-0.05, 0) is 53.6 Å². The molecule has 108 valence electrons. The van der Waals surface area contributed by atoms with Gasteiger partial charge in [0, 0.05) is 17.5 Å². The number of hydrogen-bond acceptors (Lipinski definition) is 4. The summed E-state index contributed by atoms with van der Waals surface area (Å²) in [6, 6.07) is 0.487. The number of rotatable bonds is 4. The van der Waals surface area contributed by atoms with E-state index in [0.717, 1.165) is 13.0 Å². The Balaban J connectivity index is 2.35. The third-order valence-corrected chi connectivity index (χ3v) is 5.10. The maximum Gasteiger partial charge on any atom is 0.115 e. The molecule has 0 aromatic carbocycles. The summed E-state index contributed by atoms with van der Waals surface area (Å²) in [5.74, 6) is 0. The lowest BCUT2D eigenvalue weighted by Crippen LogP contribution is -2.55. The molecule has 0 bridgehead atoms. The summed E-state index contributed by atoms with van der Waals surface area (Å²) < 4.78 is 0. The zero-order valence-corrected chi connectivity index (χ0v) is 13.7. The lowest BCUT2D eigenvalue weighted by Gasteiger charge is -2.42. The highest BCUT2D eigenvalue weighted by Crippen LogP contribution is 2.35. The maximum atomic E-state index is 4.94. The summed E-state index contributed by atoms with van der Waals surface area (Å²) in [5.41, 5.74) is 1.34. The number of nitrogens with zero attached hydrogens (tertiary/aromatic N) is 2. The molecule has 1 aliphatic rings. The van der Waals surface area contributed by atoms with Gasteiger partial charge >= 0.3 is 0 Å². The third-order valence-electron chi connectivity index (χ3n) is 3.89. The highest BCUT2D eigenvalue weighted by Gasteiger charge is 2.39. The second kappa shape index (κ2) is 5.90. The highest BCUT2D eigenvalue weighted by atomic mass is 32.1. The first kappa shape index (κ1) is 14.9. The Kier molecular flexibility index (Phi) is 4.64. The number of likely N-dealkylation sites (N-methyl/N-ethyl adjacent to an activating group) is 1. The van der Waals surface area contributed by atoms with Crippen LogP contribution in [-0.4, -0.2) is 36.1 Å². The average molecular weight is 281 g/mol. The summed E-state index contributed by atoms with van der Waals surface area (Å²) in [6.07, 6.45) is 3.48. The quantitative estimate of drug-likeness (QED) is 0.920. The van der Waals surface area contributed by atoms with E-state index in [1.54, 1.807) is 0 Å². The minimum atomic E-state index is 0.0595. The van der Waals surface area contributed by atoms with Crippen LogP contribution in [0, 0.1) is 6.92 Å². The number of likely N-dealkylation sites (tertiary alicyclic amines) is 1. The van der Waals surface area contributed by atoms with Crippen molar-refractivity contribution in [1.82, 2.24) is 15.2 Å². The SMILES string of the molecule is CCc1nc(C2(NC(C)C)CCCN(C)C2)sc1C. The van der Waals surface area contributed by atoms with Gasteiger partial charge in [0.05, 0.1) is 11.2 Å². The standard InChI is InChI=1S/C15H27N3S/c1-6-13-12(4)19-14(16-13)15(17-11(2)3)8-7-9-18(5)10-15/h11,17H,6-10H2,1-5H3. The van der Waals surface area contributed by atoms with Crippen LogP contribution in [0.1, 0.15) is 49.2 Å². The van der Waals surface area contributed by atoms with Gasteiger partial charge in [-0.2, -0.15) is 0 Å². The first-order valence-corrected chi connectivity index (χ1v) is 8.21. The fraction of sp³-hybridized carbons (Fsp3) is 0.800. The van der Waals surface area contributed by atoms with Crippen molar-refractivity contribution in [2.45, 2.75) is 58.5 Å². The van der Waals surface area contributed by atoms with E-state index in [-0.39, 0.29) is 5.54 Å². The largest absolute Gasteiger partial charge is 0.304 e. The van der Waals surface area contributed by atoms with E-state index >= 15 is 0 Å². The predicted octanol–water partition coefficient (Wildman–Crippen LogP) is 2.93. The Morgan fingerprint density at radius 2 is 2.21 bits per heavy atom. The van der Waals surface area contributed by atoms with E-state index in [9.17, 15) is 0 Å². The van der Waals surface area contributed by atoms with E-state index in [1.807, 2.05) is 11.3 Å². The van der Waals surface area contributed by atoms with Crippen LogP contribution in [0.3, 0.4) is 0 Å². The molecule has 0 amide bonds. The molecule has 1 unspecified atom stereocenters. The first-order chi connectivity index (χ1) is 8.97. The predicted molar refractivity (Wildman–Crippen MR) is 82.9 cm³/mol. The van der Waals surface area contributed by atoms with Crippen LogP contribution in [0.15, 0.2) is 0 Å². The molecule has 0 aliphatic carbocycles. The number of thiazole rings is 1. The molecular formula is C15H27N3S. The molecule has 0 spiro atoms. The highest BCUT2D eigenvalue weighted by molar-refractivity contribution is 7.11. The van der Waals surface area contributed by atoms with Crippen LogP contribution in [0.5, 0.6) is 0 Å². The fourth-order valence-corrected chi connectivity index (χ4v) is 4.31. The maximum absolute atomic E-state index is 4.94. The Morgan fingerprint density at radius 1 is 1.47 bits per heavy atom. The van der Waals surface area contributed by atoms with Gasteiger partial charge < -0.3 is 10.2 Å². The molecule has 1 aliphatic heterocycles. The lowest BCUT2D eigenvalue weighted by atomic mass is 9.89. The van der Waals surface area contributed by atoms with Crippen LogP contribution in [0.25, 0.3) is 0 Å². The second-order valence-corrected chi connectivity index (χ2v) is 7.30. The van der Waals surface area contributed by atoms with Crippen LogP contribution >= 0.6 is 11.3 Å². The molecule has 1 fully saturated rings. The van der Waals surface area contributed by atoms with Gasteiger partial charge in [0.15, 0.2) is 0 Å². The van der Waals surface area contributed by atoms with Crippen molar-refractivity contribution in [3.8, 4) is 0 Å². The molecule has 19 heavy (non-hydrogen) atoms. The van der Waals surface area contributed by atoms with Gasteiger partial charge in [-0.1, -0.05) is 6.92 Å². The molecule has 1 aromatic rings. The summed E-state index contributed by atoms with van der Waals surface area (Å²) >= 11 is 1.89. The lowest BCUT2D eigenvalue weighted by molar-refractivity contribution is 0.134. The van der Waals surface area contributed by atoms with Crippen LogP contribution in [-0.2, 0) is 12.0 Å². The van der Waals surface area contributed by atoms with Gasteiger partial charge in [-0.3, -0.25) is 0 Å². The van der Waals surface area contributed by atoms with Crippen molar-refractivity contribution in [2.75, 3.05) is 20.1 Å². The van der Waals surface area contributed by atoms with Gasteiger partial charge in [0.1, 0.15) is 5.01 Å². The molecule has 0 radical (unpaired) electrons. The Hall–Kier alpha value is -0.450. The van der Waals surface area contributed by atoms with E-state index < -0.39 is 0 Å². The number of aryl methyl sites for hydroxylation is 2. The monoisotopic (exact) mass is 281 g/mol. The Labute approximate surface area is 121 Å². The molecule has 1 N–H and O–H groups in total. The van der Waals surface area contributed by atoms with E-state index in [0.29, 0.717) is 6.04 Å². The smallest absolute Gasteiger partial charge is 0.115 e. The molecule has 2 heterocycles. The summed E-state index contributed by atoms with van der Waals surface area (Å²) in [7, 11) is 2.22. The third kappa shape index (κ3) is 3.18. The van der Waals surface area contributed by atoms with Crippen LogP contribution < -0.4 is 5.32 Å². The minimum Gasteiger partial charge on any atom is -0.304 e. The molecule has 0 saturated carbocycles. The molecule has 1 saturated heterocycles. The van der Waals surface area contributed by atoms with E-state index in [4.69, 9.17) is 4.98 Å². The normalized spacial score (nSPS) is 25.2. The van der Waals surface area contributed by atoms with Crippen LogP contribution in [0.2, 0.25) is 0 Å². The zero-order chi connectivity index (χ0) is 14.0. The van der Waals surface area contributed by atoms with E-state index in [1.165, 1.54) is 35.0 Å². The van der Waals surface area contributed by atoms with Crippen LogP contribution in [0.4, 0.5) is 0 Å². The van der Waals surface area contributed by atoms with Gasteiger partial charge in [0.25, 0.3) is 0 Å². The van der Waals surface area contributed by atoms with Crippen molar-refractivity contribution in [1.29, 1.82) is 0 Å². The summed E-state index contributed by atoms with van der Waals surface area (Å²) in [5, 5.41) is 5.11.